The smallest absolute Gasteiger partial charge is 0.261 e. The highest BCUT2D eigenvalue weighted by Gasteiger charge is 2.14. The van der Waals surface area contributed by atoms with Crippen LogP contribution < -0.4 is 4.74 Å². The highest BCUT2D eigenvalue weighted by Crippen LogP contribution is 2.29. The van der Waals surface area contributed by atoms with Crippen molar-refractivity contribution < 1.29 is 17.5 Å². The number of ether oxygens (including phenoxy) is 1. The first-order valence-corrected chi connectivity index (χ1v) is 8.14. The van der Waals surface area contributed by atoms with Gasteiger partial charge < -0.3 is 4.74 Å². The van der Waals surface area contributed by atoms with Crippen molar-refractivity contribution in [2.24, 2.45) is 0 Å². The minimum Gasteiger partial charge on any atom is -0.457 e. The minimum absolute atomic E-state index is 0.0173. The molecule has 0 spiro atoms. The van der Waals surface area contributed by atoms with Crippen LogP contribution in [-0.4, -0.2) is 8.42 Å². The van der Waals surface area contributed by atoms with Crippen LogP contribution in [0.1, 0.15) is 5.56 Å². The average molecular weight is 335 g/mol. The molecule has 0 N–H and O–H groups in total. The van der Waals surface area contributed by atoms with Crippen molar-refractivity contribution in [2.75, 3.05) is 0 Å². The van der Waals surface area contributed by atoms with E-state index in [9.17, 15) is 12.8 Å². The van der Waals surface area contributed by atoms with E-state index in [0.29, 0.717) is 17.1 Å². The molecule has 0 bridgehead atoms. The topological polar surface area (TPSA) is 43.4 Å². The molecular weight excluding hydrogens is 326 g/mol. The molecule has 3 nitrogen and oxygen atoms in total. The third-order valence-electron chi connectivity index (χ3n) is 2.54. The first kappa shape index (κ1) is 15.1. The fourth-order valence-corrected chi connectivity index (χ4v) is 3.00. The molecule has 2 aromatic carbocycles. The van der Waals surface area contributed by atoms with Crippen molar-refractivity contribution in [3.05, 3.63) is 52.8 Å². The third-order valence-corrected chi connectivity index (χ3v) is 4.31. The van der Waals surface area contributed by atoms with Crippen LogP contribution in [0.3, 0.4) is 0 Å². The van der Waals surface area contributed by atoms with E-state index in [2.05, 4.69) is 0 Å². The van der Waals surface area contributed by atoms with Gasteiger partial charge >= 0.3 is 0 Å². The summed E-state index contributed by atoms with van der Waals surface area (Å²) < 4.78 is 41.0. The Balaban J connectivity index is 2.31. The molecule has 0 saturated heterocycles. The summed E-state index contributed by atoms with van der Waals surface area (Å²) in [5.74, 6) is 0.199. The molecule has 0 heterocycles. The predicted octanol–water partition coefficient (Wildman–Crippen LogP) is 4.51. The largest absolute Gasteiger partial charge is 0.457 e. The quantitative estimate of drug-likeness (QED) is 0.775. The summed E-state index contributed by atoms with van der Waals surface area (Å²) in [7, 11) is 1.50. The van der Waals surface area contributed by atoms with Gasteiger partial charge in [0.15, 0.2) is 0 Å². The van der Waals surface area contributed by atoms with Gasteiger partial charge in [0.2, 0.25) is 0 Å². The number of hydrogen-bond acceptors (Lipinski definition) is 3. The number of aryl methyl sites for hydroxylation is 1. The van der Waals surface area contributed by atoms with Crippen LogP contribution in [0.2, 0.25) is 5.02 Å². The Morgan fingerprint density at radius 2 is 1.70 bits per heavy atom. The number of benzene rings is 2. The predicted molar refractivity (Wildman–Crippen MR) is 75.7 cm³/mol. The lowest BCUT2D eigenvalue weighted by molar-refractivity contribution is 0.479. The average Bonchev–Trinajstić information content (AvgIpc) is 2.32. The maximum Gasteiger partial charge on any atom is 0.261 e. The van der Waals surface area contributed by atoms with E-state index < -0.39 is 14.9 Å². The van der Waals surface area contributed by atoms with Gasteiger partial charge in [-0.05, 0) is 42.8 Å². The zero-order valence-electron chi connectivity index (χ0n) is 10.2. The van der Waals surface area contributed by atoms with Gasteiger partial charge in [0, 0.05) is 16.7 Å². The van der Waals surface area contributed by atoms with Gasteiger partial charge in [-0.15, -0.1) is 0 Å². The summed E-state index contributed by atoms with van der Waals surface area (Å²) in [6.07, 6.45) is 0. The first-order chi connectivity index (χ1) is 9.27. The number of hydrogen-bond donors (Lipinski definition) is 0. The van der Waals surface area contributed by atoms with E-state index in [1.165, 1.54) is 36.4 Å². The molecule has 0 aliphatic heterocycles. The van der Waals surface area contributed by atoms with Crippen LogP contribution in [-0.2, 0) is 9.05 Å². The lowest BCUT2D eigenvalue weighted by Crippen LogP contribution is -1.95. The molecule has 0 aliphatic carbocycles. The maximum atomic E-state index is 13.0. The van der Waals surface area contributed by atoms with Crippen LogP contribution in [0, 0.1) is 12.7 Å². The van der Waals surface area contributed by atoms with Gasteiger partial charge in [0.05, 0.1) is 9.92 Å². The van der Waals surface area contributed by atoms with Crippen LogP contribution in [0.15, 0.2) is 41.3 Å². The molecular formula is C13H9Cl2FO3S. The fraction of sp³-hybridized carbons (Fsp3) is 0.0769. The Hall–Kier alpha value is -1.30. The summed E-state index contributed by atoms with van der Waals surface area (Å²) in [5, 5.41) is -0.0563. The summed E-state index contributed by atoms with van der Waals surface area (Å²) in [5.41, 5.74) is 0.450. The van der Waals surface area contributed by atoms with E-state index in [-0.39, 0.29) is 9.92 Å². The van der Waals surface area contributed by atoms with E-state index >= 15 is 0 Å². The molecule has 0 aliphatic rings. The molecule has 0 radical (unpaired) electrons. The number of rotatable bonds is 3. The molecule has 106 valence electrons. The van der Waals surface area contributed by atoms with Crippen molar-refractivity contribution in [1.82, 2.24) is 0 Å². The standard InChI is InChI=1S/C13H9Cl2FO3S/c1-8-6-9(3-5-13(8)20(15,17)18)19-10-2-4-12(16)11(14)7-10/h2-7H,1H3. The van der Waals surface area contributed by atoms with Crippen LogP contribution in [0.25, 0.3) is 0 Å². The van der Waals surface area contributed by atoms with E-state index in [1.54, 1.807) is 6.92 Å². The van der Waals surface area contributed by atoms with Crippen molar-refractivity contribution >= 4 is 31.3 Å². The van der Waals surface area contributed by atoms with Crippen molar-refractivity contribution in [2.45, 2.75) is 11.8 Å². The summed E-state index contributed by atoms with van der Waals surface area (Å²) in [6.45, 7) is 1.60. The molecule has 0 amide bonds. The minimum atomic E-state index is -3.79. The normalized spacial score (nSPS) is 11.4. The fourth-order valence-electron chi connectivity index (χ4n) is 1.64. The number of halogens is 3. The molecule has 0 fully saturated rings. The van der Waals surface area contributed by atoms with Crippen molar-refractivity contribution in [3.63, 3.8) is 0 Å². The molecule has 7 heteroatoms. The van der Waals surface area contributed by atoms with Gasteiger partial charge in [-0.2, -0.15) is 0 Å². The Morgan fingerprint density at radius 1 is 1.10 bits per heavy atom. The molecule has 0 aromatic heterocycles. The summed E-state index contributed by atoms with van der Waals surface area (Å²) >= 11 is 5.64. The van der Waals surface area contributed by atoms with Gasteiger partial charge in [-0.3, -0.25) is 0 Å². The van der Waals surface area contributed by atoms with E-state index in [1.807, 2.05) is 0 Å². The SMILES string of the molecule is Cc1cc(Oc2ccc(F)c(Cl)c2)ccc1S(=O)(=O)Cl. The second-order valence-corrected chi connectivity index (χ2v) is 6.98. The lowest BCUT2D eigenvalue weighted by Gasteiger charge is -2.09. The monoisotopic (exact) mass is 334 g/mol. The molecule has 0 saturated carbocycles. The van der Waals surface area contributed by atoms with Crippen molar-refractivity contribution in [3.8, 4) is 11.5 Å². The Kier molecular flexibility index (Phi) is 4.22. The second kappa shape index (κ2) is 5.60. The maximum absolute atomic E-state index is 13.0. The van der Waals surface area contributed by atoms with Crippen LogP contribution in [0.4, 0.5) is 4.39 Å². The Morgan fingerprint density at radius 3 is 2.25 bits per heavy atom. The summed E-state index contributed by atoms with van der Waals surface area (Å²) in [4.78, 5) is 0.0173. The first-order valence-electron chi connectivity index (χ1n) is 5.45. The molecule has 2 rings (SSSR count). The molecule has 20 heavy (non-hydrogen) atoms. The van der Waals surface area contributed by atoms with E-state index in [4.69, 9.17) is 27.0 Å². The van der Waals surface area contributed by atoms with Crippen LogP contribution >= 0.6 is 22.3 Å². The third kappa shape index (κ3) is 3.42. The molecule has 0 atom stereocenters. The molecule has 2 aromatic rings. The highest BCUT2D eigenvalue weighted by molar-refractivity contribution is 8.13. The lowest BCUT2D eigenvalue weighted by atomic mass is 10.2. The van der Waals surface area contributed by atoms with Crippen LogP contribution in [0.5, 0.6) is 11.5 Å². The Labute approximate surface area is 125 Å². The van der Waals surface area contributed by atoms with Crippen molar-refractivity contribution in [1.29, 1.82) is 0 Å². The zero-order chi connectivity index (χ0) is 14.9. The van der Waals surface area contributed by atoms with Gasteiger partial charge in [-0.1, -0.05) is 11.6 Å². The highest BCUT2D eigenvalue weighted by atomic mass is 35.7. The van der Waals surface area contributed by atoms with Gasteiger partial charge in [0.1, 0.15) is 17.3 Å². The van der Waals surface area contributed by atoms with Gasteiger partial charge in [-0.25, -0.2) is 12.8 Å². The van der Waals surface area contributed by atoms with Gasteiger partial charge in [0.25, 0.3) is 9.05 Å². The zero-order valence-corrected chi connectivity index (χ0v) is 12.6. The Bertz CT molecular complexity index is 760. The van der Waals surface area contributed by atoms with E-state index in [0.717, 1.165) is 0 Å². The summed E-state index contributed by atoms with van der Waals surface area (Å²) in [6, 6.07) is 8.26. The molecule has 0 unspecified atom stereocenters. The second-order valence-electron chi connectivity index (χ2n) is 4.04.